The molecule has 3 amide bonds. The van der Waals surface area contributed by atoms with Crippen molar-refractivity contribution in [3.8, 4) is 0 Å². The smallest absolute Gasteiger partial charge is 0.407 e. The number of carbonyl (C=O) groups excluding carboxylic acids is 3. The highest BCUT2D eigenvalue weighted by Crippen LogP contribution is 2.34. The van der Waals surface area contributed by atoms with Gasteiger partial charge in [-0.15, -0.1) is 0 Å². The van der Waals surface area contributed by atoms with Crippen molar-refractivity contribution in [1.82, 2.24) is 40.4 Å². The average Bonchev–Trinajstić information content (AvgIpc) is 4.04. The summed E-state index contributed by atoms with van der Waals surface area (Å²) in [6.45, 7) is 6.88. The Morgan fingerprint density at radius 3 is 2.04 bits per heavy atom. The molecule has 3 fully saturated rings. The number of H-pyrrole nitrogens is 2. The maximum atomic E-state index is 14.0. The normalized spacial score (nSPS) is 19.5. The van der Waals surface area contributed by atoms with Crippen LogP contribution in [0, 0.1) is 5.92 Å². The minimum Gasteiger partial charge on any atom is -0.453 e. The number of para-hydroxylation sites is 1. The summed E-state index contributed by atoms with van der Waals surface area (Å²) >= 11 is 0. The van der Waals surface area contributed by atoms with Crippen LogP contribution in [-0.2, 0) is 36.9 Å². The maximum absolute atomic E-state index is 14.0. The van der Waals surface area contributed by atoms with Crippen molar-refractivity contribution in [2.75, 3.05) is 38.4 Å². The number of benzene rings is 3. The molecule has 3 aromatic carbocycles. The van der Waals surface area contributed by atoms with Crippen molar-refractivity contribution in [3.63, 3.8) is 0 Å². The van der Waals surface area contributed by atoms with Gasteiger partial charge in [-0.3, -0.25) is 14.9 Å². The van der Waals surface area contributed by atoms with Gasteiger partial charge in [-0.25, -0.2) is 14.8 Å². The quantitative estimate of drug-likeness (QED) is 0.111. The van der Waals surface area contributed by atoms with Gasteiger partial charge in [-0.05, 0) is 79.1 Å². The average molecular weight is 778 g/mol. The van der Waals surface area contributed by atoms with E-state index in [1.165, 1.54) is 7.11 Å². The molecule has 5 aromatic rings. The fourth-order valence-corrected chi connectivity index (χ4v) is 8.24. The lowest BCUT2D eigenvalue weighted by Gasteiger charge is -2.36. The number of carbonyl (C=O) groups is 3. The van der Waals surface area contributed by atoms with E-state index >= 15 is 0 Å². The highest BCUT2D eigenvalue weighted by Gasteiger charge is 2.39. The summed E-state index contributed by atoms with van der Waals surface area (Å²) in [4.78, 5) is 61.5. The van der Waals surface area contributed by atoms with Gasteiger partial charge in [0.1, 0.15) is 18.2 Å². The summed E-state index contributed by atoms with van der Waals surface area (Å²) in [5, 5.41) is 5.76. The summed E-state index contributed by atoms with van der Waals surface area (Å²) in [5.74, 6) is 1.54. The van der Waals surface area contributed by atoms with Crippen molar-refractivity contribution >= 4 is 45.7 Å². The summed E-state index contributed by atoms with van der Waals surface area (Å²) < 4.78 is 15.5. The molecule has 4 N–H and O–H groups in total. The van der Waals surface area contributed by atoms with Crippen LogP contribution in [0.15, 0.2) is 66.7 Å². The number of nitrogens with one attached hydrogen (secondary N) is 4. The number of methoxy groups -OCH3 is 1. The van der Waals surface area contributed by atoms with Gasteiger partial charge in [0, 0.05) is 31.9 Å². The molecule has 4 atom stereocenters. The first-order valence-corrected chi connectivity index (χ1v) is 20.0. The van der Waals surface area contributed by atoms with Gasteiger partial charge in [-0.1, -0.05) is 50.6 Å². The van der Waals surface area contributed by atoms with E-state index in [9.17, 15) is 14.4 Å². The largest absolute Gasteiger partial charge is 0.453 e. The number of amides is 3. The van der Waals surface area contributed by atoms with Crippen LogP contribution in [-0.4, -0.2) is 93.6 Å². The Morgan fingerprint density at radius 2 is 1.47 bits per heavy atom. The zero-order chi connectivity index (χ0) is 39.5. The fourth-order valence-electron chi connectivity index (χ4n) is 8.24. The van der Waals surface area contributed by atoms with Crippen LogP contribution in [0.25, 0.3) is 22.1 Å². The molecule has 300 valence electrons. The number of anilines is 1. The summed E-state index contributed by atoms with van der Waals surface area (Å²) in [5.41, 5.74) is 6.88. The van der Waals surface area contributed by atoms with Crippen LogP contribution in [0.1, 0.15) is 80.8 Å². The minimum absolute atomic E-state index is 0.0516. The van der Waals surface area contributed by atoms with Crippen LogP contribution < -0.4 is 15.5 Å². The third-order valence-corrected chi connectivity index (χ3v) is 11.5. The number of fused-ring (bicyclic) bond motifs is 2. The van der Waals surface area contributed by atoms with E-state index in [1.54, 1.807) is 4.90 Å². The number of hydrogen-bond donors (Lipinski definition) is 4. The lowest BCUT2D eigenvalue weighted by molar-refractivity contribution is -0.335. The topological polar surface area (TPSA) is 170 Å². The molecule has 2 aromatic heterocycles. The van der Waals surface area contributed by atoms with Gasteiger partial charge in [-0.2, -0.15) is 0 Å². The molecule has 15 heteroatoms. The molecule has 3 aliphatic rings. The zero-order valence-electron chi connectivity index (χ0n) is 32.7. The van der Waals surface area contributed by atoms with Crippen molar-refractivity contribution in [2.24, 2.45) is 5.92 Å². The van der Waals surface area contributed by atoms with Gasteiger partial charge in [0.15, 0.2) is 6.79 Å². The molecule has 0 unspecified atom stereocenters. The Balaban J connectivity index is 0.987. The Labute approximate surface area is 331 Å². The number of rotatable bonds is 14. The van der Waals surface area contributed by atoms with Crippen molar-refractivity contribution < 1.29 is 28.6 Å². The number of alkyl carbamates (subject to hydrolysis) is 1. The molecule has 57 heavy (non-hydrogen) atoms. The van der Waals surface area contributed by atoms with Crippen molar-refractivity contribution in [1.29, 1.82) is 0 Å². The lowest BCUT2D eigenvalue weighted by atomic mass is 9.97. The van der Waals surface area contributed by atoms with Crippen LogP contribution in [0.2, 0.25) is 0 Å². The Morgan fingerprint density at radius 1 is 0.877 bits per heavy atom. The molecule has 8 rings (SSSR count). The summed E-state index contributed by atoms with van der Waals surface area (Å²) in [7, 11) is 1.27. The Hall–Kier alpha value is -5.51. The number of ether oxygens (including phenoxy) is 3. The predicted octanol–water partition coefficient (Wildman–Crippen LogP) is 5.62. The highest BCUT2D eigenvalue weighted by atomic mass is 16.9. The third-order valence-electron chi connectivity index (χ3n) is 11.5. The van der Waals surface area contributed by atoms with E-state index < -0.39 is 18.5 Å². The van der Waals surface area contributed by atoms with E-state index in [-0.39, 0.29) is 43.2 Å². The van der Waals surface area contributed by atoms with Gasteiger partial charge in [0.25, 0.3) is 0 Å². The fraction of sp³-hybridized carbons (Fsp3) is 0.452. The van der Waals surface area contributed by atoms with Gasteiger partial charge >= 0.3 is 6.09 Å². The van der Waals surface area contributed by atoms with Crippen LogP contribution >= 0.6 is 0 Å². The number of imidazole rings is 2. The molecule has 5 heterocycles. The molecule has 3 aliphatic heterocycles. The van der Waals surface area contributed by atoms with Crippen LogP contribution in [0.5, 0.6) is 0 Å². The van der Waals surface area contributed by atoms with E-state index in [2.05, 4.69) is 98.7 Å². The number of aromatic nitrogens is 4. The van der Waals surface area contributed by atoms with Gasteiger partial charge in [0.2, 0.25) is 18.2 Å². The predicted molar refractivity (Wildman–Crippen MR) is 214 cm³/mol. The first-order chi connectivity index (χ1) is 27.8. The monoisotopic (exact) mass is 777 g/mol. The second-order valence-corrected chi connectivity index (χ2v) is 15.2. The molecule has 15 nitrogen and oxygen atoms in total. The summed E-state index contributed by atoms with van der Waals surface area (Å²) in [6.07, 6.45) is 3.07. The van der Waals surface area contributed by atoms with Gasteiger partial charge < -0.3 is 44.2 Å². The molecular weight excluding hydrogens is 727 g/mol. The number of likely N-dealkylation sites (tertiary alicyclic amines) is 2. The highest BCUT2D eigenvalue weighted by molar-refractivity contribution is 5.84. The first kappa shape index (κ1) is 38.4. The number of nitrogens with zero attached hydrogens (tertiary/aromatic N) is 5. The van der Waals surface area contributed by atoms with E-state index in [0.717, 1.165) is 82.6 Å². The molecule has 3 saturated heterocycles. The van der Waals surface area contributed by atoms with Crippen molar-refractivity contribution in [3.05, 3.63) is 89.5 Å². The molecule has 0 bridgehead atoms. The SMILES string of the molecule is CC[C@H](C)[C@H](NC1OCO1)C(=O)N1CCC[C@H]1c1nc2ccc(CN(Cc3ccc4nc([C@@H]5CCCN5C(=O)CNC(=O)OC)[nH]c4c3)c3ccccc3)cc2[nH]1. The molecule has 0 radical (unpaired) electrons. The molecule has 0 spiro atoms. The summed E-state index contributed by atoms with van der Waals surface area (Å²) in [6, 6.07) is 22.2. The Bertz CT molecular complexity index is 2200. The van der Waals surface area contributed by atoms with E-state index in [1.807, 2.05) is 17.0 Å². The first-order valence-electron chi connectivity index (χ1n) is 20.0. The minimum atomic E-state index is -0.632. The maximum Gasteiger partial charge on any atom is 0.407 e. The van der Waals surface area contributed by atoms with Crippen LogP contribution in [0.4, 0.5) is 10.5 Å². The van der Waals surface area contributed by atoms with Gasteiger partial charge in [0.05, 0.1) is 47.3 Å². The standard InChI is InChI=1S/C42H51N9O6/c1-4-26(2)37(48-42-56-25-57-42)40(53)51-19-9-13-35(51)39-45-31-17-15-28(21-33(31)47-39)24-49(29-10-6-5-7-11-29)23-27-14-16-30-32(20-27)46-38(44-30)34-12-8-18-50(34)36(52)22-43-41(54)55-3/h5-7,10-11,14-17,20-21,26,34-35,37,42,48H,4,8-9,12-13,18-19,22-25H2,1-3H3,(H,43,54)(H,44,46)(H,45,47)/t26-,34-,35-,37-/m0/s1. The van der Waals surface area contributed by atoms with Crippen LogP contribution in [0.3, 0.4) is 0 Å². The number of aromatic amines is 2. The second kappa shape index (κ2) is 16.9. The Kier molecular flexibility index (Phi) is 11.4. The molecular formula is C42H51N9O6. The van der Waals surface area contributed by atoms with E-state index in [4.69, 9.17) is 19.4 Å². The zero-order valence-corrected chi connectivity index (χ0v) is 32.7. The molecule has 0 saturated carbocycles. The molecule has 0 aliphatic carbocycles. The second-order valence-electron chi connectivity index (χ2n) is 15.2. The lowest BCUT2D eigenvalue weighted by Crippen LogP contribution is -2.56. The number of hydrogen-bond acceptors (Lipinski definition) is 10. The third kappa shape index (κ3) is 8.31. The van der Waals surface area contributed by atoms with E-state index in [0.29, 0.717) is 26.2 Å². The van der Waals surface area contributed by atoms with Crippen molar-refractivity contribution in [2.45, 2.75) is 83.6 Å².